The van der Waals surface area contributed by atoms with Crippen molar-refractivity contribution in [2.24, 2.45) is 10.7 Å². The fourth-order valence-corrected chi connectivity index (χ4v) is 9.98. The Kier molecular flexibility index (Phi) is 9.91. The molecule has 0 bridgehead atoms. The van der Waals surface area contributed by atoms with E-state index >= 15 is 0 Å². The van der Waals surface area contributed by atoms with Crippen LogP contribution in [0.1, 0.15) is 16.7 Å². The lowest BCUT2D eigenvalue weighted by atomic mass is 9.93. The molecule has 1 atom stereocenters. The van der Waals surface area contributed by atoms with Gasteiger partial charge in [-0.1, -0.05) is 200 Å². The zero-order valence-electron chi connectivity index (χ0n) is 30.8. The molecular weight excluding hydrogens is 698 g/mol. The number of allylic oxidation sites excluding steroid dienone is 2. The van der Waals surface area contributed by atoms with E-state index in [0.717, 1.165) is 33.2 Å². The molecule has 0 amide bonds. The number of nitrogens with two attached hydrogens (primary N) is 1. The van der Waals surface area contributed by atoms with E-state index < -0.39 is 14.1 Å². The van der Waals surface area contributed by atoms with Crippen LogP contribution in [-0.4, -0.2) is 12.0 Å². The summed E-state index contributed by atoms with van der Waals surface area (Å²) in [6.45, 7) is 0. The van der Waals surface area contributed by atoms with Gasteiger partial charge in [0.25, 0.3) is 0 Å². The van der Waals surface area contributed by atoms with Crippen LogP contribution in [0.15, 0.2) is 224 Å². The molecule has 3 N–H and O–H groups in total. The van der Waals surface area contributed by atoms with Gasteiger partial charge in [-0.2, -0.15) is 0 Å². The molecule has 0 saturated heterocycles. The van der Waals surface area contributed by atoms with Gasteiger partial charge >= 0.3 is 0 Å². The Balaban J connectivity index is 1.10. The topological polar surface area (TPSA) is 50.4 Å². The number of dihydropyridines is 1. The van der Waals surface area contributed by atoms with Gasteiger partial charge in [-0.25, -0.2) is 4.99 Å². The predicted molar refractivity (Wildman–Crippen MR) is 240 cm³/mol. The average Bonchev–Trinajstić information content (AvgIpc) is 3.28. The zero-order valence-corrected chi connectivity index (χ0v) is 31.7. The Morgan fingerprint density at radius 2 is 0.893 bits per heavy atom. The Morgan fingerprint density at radius 1 is 0.446 bits per heavy atom. The second kappa shape index (κ2) is 15.9. The molecule has 3 nitrogen and oxygen atoms in total. The van der Waals surface area contributed by atoms with Gasteiger partial charge < -0.3 is 11.1 Å². The molecule has 0 aliphatic carbocycles. The van der Waals surface area contributed by atoms with E-state index in [2.05, 4.69) is 212 Å². The number of hydrogen-bond acceptors (Lipinski definition) is 2. The molecule has 0 saturated carbocycles. The normalized spacial score (nSPS) is 14.2. The Labute approximate surface area is 330 Å². The van der Waals surface area contributed by atoms with Crippen molar-refractivity contribution < 1.29 is 0 Å². The van der Waals surface area contributed by atoms with Gasteiger partial charge in [0.15, 0.2) is 0 Å². The lowest BCUT2D eigenvalue weighted by Gasteiger charge is -2.25. The fourth-order valence-electron chi connectivity index (χ4n) is 7.52. The highest BCUT2D eigenvalue weighted by atomic mass is 31.1. The van der Waals surface area contributed by atoms with E-state index in [1.165, 1.54) is 43.6 Å². The Bertz CT molecular complexity index is 2650. The van der Waals surface area contributed by atoms with E-state index in [-0.39, 0.29) is 0 Å². The van der Waals surface area contributed by atoms with Crippen LogP contribution in [0.2, 0.25) is 0 Å². The van der Waals surface area contributed by atoms with Gasteiger partial charge in [0.2, 0.25) is 0 Å². The summed E-state index contributed by atoms with van der Waals surface area (Å²) in [6, 6.07) is 73.1. The van der Waals surface area contributed by atoms with E-state index in [1.807, 2.05) is 12.1 Å². The molecule has 1 aliphatic rings. The van der Waals surface area contributed by atoms with Crippen molar-refractivity contribution in [3.8, 4) is 22.3 Å². The summed E-state index contributed by atoms with van der Waals surface area (Å²) >= 11 is 0. The van der Waals surface area contributed by atoms with E-state index in [4.69, 9.17) is 10.7 Å². The molecule has 1 aliphatic heterocycles. The molecule has 56 heavy (non-hydrogen) atoms. The predicted octanol–water partition coefficient (Wildman–Crippen LogP) is 10.7. The third-order valence-electron chi connectivity index (χ3n) is 10.4. The summed E-state index contributed by atoms with van der Waals surface area (Å²) in [6.07, 6.45) is 3.92. The first-order valence-electron chi connectivity index (χ1n) is 18.9. The number of nitrogens with one attached hydrogen (secondary N) is 1. The van der Waals surface area contributed by atoms with Crippen molar-refractivity contribution in [3.63, 3.8) is 0 Å². The maximum absolute atomic E-state index is 7.07. The Hall–Kier alpha value is -6.80. The van der Waals surface area contributed by atoms with Crippen molar-refractivity contribution in [2.75, 3.05) is 0 Å². The third kappa shape index (κ3) is 7.21. The van der Waals surface area contributed by atoms with Crippen LogP contribution >= 0.6 is 7.92 Å². The van der Waals surface area contributed by atoms with Crippen LogP contribution in [0.3, 0.4) is 0 Å². The number of benzene rings is 8. The number of aliphatic imine (C=N–C) groups is 1. The summed E-state index contributed by atoms with van der Waals surface area (Å²) < 4.78 is 0. The fraction of sp³-hybridized carbons (Fsp3) is 0.0192. The smallest absolute Gasteiger partial charge is 0.147 e. The van der Waals surface area contributed by atoms with Gasteiger partial charge in [-0.15, -0.1) is 0 Å². The van der Waals surface area contributed by atoms with Crippen LogP contribution in [0, 0.1) is 0 Å². The average molecular weight is 738 g/mol. The monoisotopic (exact) mass is 737 g/mol. The van der Waals surface area contributed by atoms with Crippen LogP contribution in [-0.2, 0) is 0 Å². The second-order valence-corrected chi connectivity index (χ2v) is 16.0. The van der Waals surface area contributed by atoms with Gasteiger partial charge in [0.1, 0.15) is 12.0 Å². The Morgan fingerprint density at radius 3 is 1.45 bits per heavy atom. The maximum Gasteiger partial charge on any atom is 0.147 e. The molecule has 1 unspecified atom stereocenters. The third-order valence-corrected chi connectivity index (χ3v) is 12.9. The van der Waals surface area contributed by atoms with Crippen LogP contribution in [0.4, 0.5) is 0 Å². The van der Waals surface area contributed by atoms with E-state index in [9.17, 15) is 0 Å². The first-order chi connectivity index (χ1) is 27.7. The van der Waals surface area contributed by atoms with Crippen molar-refractivity contribution in [2.45, 2.75) is 6.17 Å². The van der Waals surface area contributed by atoms with Crippen LogP contribution in [0.25, 0.3) is 44.2 Å². The van der Waals surface area contributed by atoms with Crippen molar-refractivity contribution in [3.05, 3.63) is 235 Å². The standard InChI is InChI=1S/C52H40N3P/c53-51(48-33-34-50(47-24-14-13-23-46(47)48)56(44-19-9-3-10-20-44)45-21-11-4-12-22-45)55-52-49(42-31-29-40(30-32-42)38-17-7-2-8-18-38)35-43(36-54-52)41-27-25-39(26-28-41)37-15-5-1-6-16-37/h1-36,52,54H,(H2,53,55). The highest BCUT2D eigenvalue weighted by molar-refractivity contribution is 7.80. The molecule has 0 spiro atoms. The van der Waals surface area contributed by atoms with Gasteiger partial charge in [-0.05, 0) is 85.7 Å². The number of nitrogens with zero attached hydrogens (tertiary/aromatic N) is 1. The molecule has 9 rings (SSSR count). The van der Waals surface area contributed by atoms with Gasteiger partial charge in [0.05, 0.1) is 0 Å². The van der Waals surface area contributed by atoms with E-state index in [1.54, 1.807) is 0 Å². The quantitative estimate of drug-likeness (QED) is 0.0880. The van der Waals surface area contributed by atoms with Crippen LogP contribution in [0.5, 0.6) is 0 Å². The highest BCUT2D eigenvalue weighted by Gasteiger charge is 2.23. The largest absolute Gasteiger partial charge is 0.383 e. The van der Waals surface area contributed by atoms with Gasteiger partial charge in [0, 0.05) is 17.3 Å². The lowest BCUT2D eigenvalue weighted by molar-refractivity contribution is 0.749. The SMILES string of the molecule is NC(=NC1NC=C(c2ccc(-c3ccccc3)cc2)C=C1c1ccc(-c2ccccc2)cc1)c1ccc(P(c2ccccc2)c2ccccc2)c2ccccc12. The second-order valence-electron chi connectivity index (χ2n) is 13.9. The molecule has 1 heterocycles. The number of rotatable bonds is 9. The zero-order chi connectivity index (χ0) is 37.7. The van der Waals surface area contributed by atoms with Crippen molar-refractivity contribution in [1.29, 1.82) is 0 Å². The summed E-state index contributed by atoms with van der Waals surface area (Å²) in [7, 11) is -0.804. The number of hydrogen-bond donors (Lipinski definition) is 2. The minimum Gasteiger partial charge on any atom is -0.383 e. The molecule has 0 radical (unpaired) electrons. The minimum atomic E-state index is -0.804. The van der Waals surface area contributed by atoms with Crippen molar-refractivity contribution in [1.82, 2.24) is 5.32 Å². The summed E-state index contributed by atoms with van der Waals surface area (Å²) in [5.74, 6) is 0.491. The molecular formula is C52H40N3P. The molecule has 0 aromatic heterocycles. The highest BCUT2D eigenvalue weighted by Crippen LogP contribution is 2.37. The molecule has 4 heteroatoms. The molecule has 8 aromatic rings. The first-order valence-corrected chi connectivity index (χ1v) is 20.3. The number of fused-ring (bicyclic) bond motifs is 1. The van der Waals surface area contributed by atoms with Crippen LogP contribution < -0.4 is 27.0 Å². The maximum atomic E-state index is 7.07. The lowest BCUT2D eigenvalue weighted by Crippen LogP contribution is -2.30. The van der Waals surface area contributed by atoms with Gasteiger partial charge in [-0.3, -0.25) is 0 Å². The summed E-state index contributed by atoms with van der Waals surface area (Å²) in [5, 5.41) is 9.83. The molecule has 0 fully saturated rings. The summed E-state index contributed by atoms with van der Waals surface area (Å²) in [4.78, 5) is 5.24. The molecule has 8 aromatic carbocycles. The molecule has 268 valence electrons. The number of amidine groups is 1. The van der Waals surface area contributed by atoms with Crippen molar-refractivity contribution >= 4 is 51.6 Å². The summed E-state index contributed by atoms with van der Waals surface area (Å²) in [5.41, 5.74) is 17.1. The van der Waals surface area contributed by atoms with E-state index in [0.29, 0.717) is 5.84 Å². The first kappa shape index (κ1) is 34.9. The minimum absolute atomic E-state index is 0.394.